The number of ether oxygens (including phenoxy) is 2. The standard InChI is InChI=1S/C27H32F2N4O4.C4H10O.C2H6/c1-17-21(14-25(34)35)26-32-8-6-27(2,7-9-32)37-10-4-3-5-18-11-22(28)23(29)12-19(18)15-36-16-20-13-24(30-17)33(26)31-20;1-4(2,3)5;1-2/h11-13H,3-10,14-16H2,1-2H3,(H,34,35);5H,1-3H3;1-2H3. The maximum absolute atomic E-state index is 14.0. The Morgan fingerprint density at radius 3 is 2.27 bits per heavy atom. The summed E-state index contributed by atoms with van der Waals surface area (Å²) in [6.07, 6.45) is 3.62. The van der Waals surface area contributed by atoms with E-state index in [0.717, 1.165) is 37.1 Å². The molecule has 1 aromatic carbocycles. The van der Waals surface area contributed by atoms with Crippen molar-refractivity contribution in [2.24, 2.45) is 0 Å². The molecular weight excluding hydrogens is 570 g/mol. The quantitative estimate of drug-likeness (QED) is 0.351. The third kappa shape index (κ3) is 9.67. The van der Waals surface area contributed by atoms with Gasteiger partial charge in [-0.2, -0.15) is 9.61 Å². The lowest BCUT2D eigenvalue weighted by Crippen LogP contribution is -2.45. The number of nitrogens with zero attached hydrogens (tertiary/aromatic N) is 4. The minimum absolute atomic E-state index is 0.116. The molecule has 1 saturated heterocycles. The minimum Gasteiger partial charge on any atom is -0.481 e. The molecule has 2 aromatic heterocycles. The first kappa shape index (κ1) is 35.3. The van der Waals surface area contributed by atoms with E-state index < -0.39 is 23.2 Å². The molecule has 5 heterocycles. The number of benzene rings is 1. The normalized spacial score (nSPS) is 17.1. The highest BCUT2D eigenvalue weighted by Crippen LogP contribution is 2.33. The zero-order valence-electron chi connectivity index (χ0n) is 27.2. The highest BCUT2D eigenvalue weighted by molar-refractivity contribution is 5.74. The number of rotatable bonds is 2. The Balaban J connectivity index is 0.000000688. The highest BCUT2D eigenvalue weighted by atomic mass is 19.2. The monoisotopic (exact) mass is 618 g/mol. The van der Waals surface area contributed by atoms with Crippen molar-refractivity contribution in [1.82, 2.24) is 14.6 Å². The van der Waals surface area contributed by atoms with Crippen LogP contribution in [0.25, 0.3) is 5.65 Å². The Kier molecular flexibility index (Phi) is 12.2. The first-order valence-electron chi connectivity index (χ1n) is 15.5. The van der Waals surface area contributed by atoms with Gasteiger partial charge in [-0.15, -0.1) is 0 Å². The predicted octanol–water partition coefficient (Wildman–Crippen LogP) is 6.18. The van der Waals surface area contributed by atoms with Gasteiger partial charge in [0.15, 0.2) is 17.3 Å². The number of piperidine rings is 1. The fourth-order valence-electron chi connectivity index (χ4n) is 5.27. The van der Waals surface area contributed by atoms with Gasteiger partial charge >= 0.3 is 5.97 Å². The van der Waals surface area contributed by atoms with E-state index in [9.17, 15) is 18.7 Å². The molecule has 244 valence electrons. The van der Waals surface area contributed by atoms with Crippen LogP contribution in [0, 0.1) is 18.6 Å². The molecule has 3 aliphatic rings. The molecule has 1 fully saturated rings. The van der Waals surface area contributed by atoms with Crippen LogP contribution in [0.1, 0.15) is 95.3 Å². The van der Waals surface area contributed by atoms with Crippen LogP contribution in [-0.4, -0.2) is 61.7 Å². The third-order valence-electron chi connectivity index (χ3n) is 7.42. The van der Waals surface area contributed by atoms with Gasteiger partial charge in [-0.25, -0.2) is 13.8 Å². The number of carboxylic acid groups (broad SMARTS) is 1. The number of hydrogen-bond acceptors (Lipinski definition) is 7. The summed E-state index contributed by atoms with van der Waals surface area (Å²) in [6, 6.07) is 4.29. The van der Waals surface area contributed by atoms with Gasteiger partial charge in [0.2, 0.25) is 0 Å². The average Bonchev–Trinajstić information content (AvgIpc) is 3.33. The minimum atomic E-state index is -0.928. The van der Waals surface area contributed by atoms with Gasteiger partial charge in [-0.1, -0.05) is 13.8 Å². The second-order valence-corrected chi connectivity index (χ2v) is 12.4. The second-order valence-electron chi connectivity index (χ2n) is 12.4. The molecule has 0 unspecified atom stereocenters. The lowest BCUT2D eigenvalue weighted by Gasteiger charge is -2.41. The van der Waals surface area contributed by atoms with Crippen LogP contribution in [0.4, 0.5) is 14.6 Å². The summed E-state index contributed by atoms with van der Waals surface area (Å²) >= 11 is 0. The first-order chi connectivity index (χ1) is 20.7. The lowest BCUT2D eigenvalue weighted by molar-refractivity contribution is -0.136. The van der Waals surface area contributed by atoms with Crippen molar-refractivity contribution in [3.63, 3.8) is 0 Å². The molecule has 0 aliphatic carbocycles. The van der Waals surface area contributed by atoms with Crippen LogP contribution in [-0.2, 0) is 40.3 Å². The second kappa shape index (κ2) is 15.2. The van der Waals surface area contributed by atoms with Gasteiger partial charge in [0, 0.05) is 37.0 Å². The molecule has 0 amide bonds. The fraction of sp³-hybridized carbons (Fsp3) is 0.606. The molecule has 6 rings (SSSR count). The van der Waals surface area contributed by atoms with E-state index in [1.165, 1.54) is 12.1 Å². The molecule has 4 bridgehead atoms. The molecular formula is C33H48F2N4O5. The topological polar surface area (TPSA) is 109 Å². The number of fused-ring (bicyclic) bond motifs is 8. The molecule has 0 atom stereocenters. The molecule has 0 saturated carbocycles. The maximum atomic E-state index is 14.0. The van der Waals surface area contributed by atoms with Crippen LogP contribution in [0.3, 0.4) is 0 Å². The summed E-state index contributed by atoms with van der Waals surface area (Å²) in [6.45, 7) is 15.4. The summed E-state index contributed by atoms with van der Waals surface area (Å²) < 4.78 is 41.9. The summed E-state index contributed by atoms with van der Waals surface area (Å²) in [5.74, 6) is -1.94. The average molecular weight is 619 g/mol. The van der Waals surface area contributed by atoms with Crippen molar-refractivity contribution in [1.29, 1.82) is 0 Å². The fourth-order valence-corrected chi connectivity index (χ4v) is 5.27. The van der Waals surface area contributed by atoms with Gasteiger partial charge in [0.25, 0.3) is 0 Å². The van der Waals surface area contributed by atoms with E-state index in [2.05, 4.69) is 16.8 Å². The number of carbonyl (C=O) groups is 1. The number of halogens is 2. The number of carboxylic acids is 1. The molecule has 0 spiro atoms. The van der Waals surface area contributed by atoms with Gasteiger partial charge in [0.05, 0.1) is 36.5 Å². The molecule has 44 heavy (non-hydrogen) atoms. The Morgan fingerprint density at radius 2 is 1.66 bits per heavy atom. The van der Waals surface area contributed by atoms with Crippen molar-refractivity contribution >= 4 is 17.4 Å². The van der Waals surface area contributed by atoms with E-state index in [-0.39, 0.29) is 25.2 Å². The smallest absolute Gasteiger partial charge is 0.308 e. The van der Waals surface area contributed by atoms with Gasteiger partial charge in [-0.05, 0) is 90.0 Å². The number of aryl methyl sites for hydroxylation is 2. The van der Waals surface area contributed by atoms with E-state index in [0.29, 0.717) is 54.3 Å². The summed E-state index contributed by atoms with van der Waals surface area (Å²) in [4.78, 5) is 18.5. The van der Waals surface area contributed by atoms with Crippen LogP contribution < -0.4 is 4.90 Å². The molecule has 0 radical (unpaired) electrons. The summed E-state index contributed by atoms with van der Waals surface area (Å²) in [5, 5.41) is 22.8. The number of anilines is 1. The maximum Gasteiger partial charge on any atom is 0.308 e. The summed E-state index contributed by atoms with van der Waals surface area (Å²) in [7, 11) is 0. The third-order valence-corrected chi connectivity index (χ3v) is 7.42. The Hall–Kier alpha value is -3.15. The summed E-state index contributed by atoms with van der Waals surface area (Å²) in [5.41, 5.74) is 3.08. The van der Waals surface area contributed by atoms with Crippen LogP contribution in [0.2, 0.25) is 0 Å². The predicted molar refractivity (Wildman–Crippen MR) is 166 cm³/mol. The first-order valence-corrected chi connectivity index (χ1v) is 15.5. The number of aliphatic hydroxyl groups is 1. The largest absolute Gasteiger partial charge is 0.481 e. The highest BCUT2D eigenvalue weighted by Gasteiger charge is 2.33. The molecule has 3 aromatic rings. The van der Waals surface area contributed by atoms with Crippen molar-refractivity contribution in [2.75, 3.05) is 24.6 Å². The zero-order valence-corrected chi connectivity index (χ0v) is 27.2. The van der Waals surface area contributed by atoms with Gasteiger partial charge in [-0.3, -0.25) is 4.79 Å². The lowest BCUT2D eigenvalue weighted by atomic mass is 9.92. The van der Waals surface area contributed by atoms with Crippen LogP contribution in [0.15, 0.2) is 18.2 Å². The molecule has 2 N–H and O–H groups in total. The van der Waals surface area contributed by atoms with Crippen LogP contribution in [0.5, 0.6) is 0 Å². The zero-order chi connectivity index (χ0) is 32.7. The van der Waals surface area contributed by atoms with E-state index >= 15 is 0 Å². The molecule has 3 aliphatic heterocycles. The molecule has 11 heteroatoms. The number of hydrogen-bond donors (Lipinski definition) is 2. The van der Waals surface area contributed by atoms with Crippen molar-refractivity contribution in [2.45, 2.75) is 111 Å². The Bertz CT molecular complexity index is 1410. The Labute approximate surface area is 259 Å². The number of aromatic nitrogens is 3. The van der Waals surface area contributed by atoms with Crippen LogP contribution >= 0.6 is 0 Å². The SMILES string of the molecule is CC.CC(C)(C)O.Cc1nc2cc3nn2c(c1CC(=O)O)N1CCC(C)(CC1)OCCCCc1cc(F)c(F)cc1COC3. The van der Waals surface area contributed by atoms with E-state index in [1.54, 1.807) is 25.3 Å². The van der Waals surface area contributed by atoms with E-state index in [4.69, 9.17) is 19.7 Å². The van der Waals surface area contributed by atoms with Gasteiger partial charge in [0.1, 0.15) is 5.82 Å². The number of aliphatic carboxylic acids is 1. The van der Waals surface area contributed by atoms with Gasteiger partial charge < -0.3 is 24.6 Å². The van der Waals surface area contributed by atoms with Crippen molar-refractivity contribution < 1.29 is 33.3 Å². The van der Waals surface area contributed by atoms with Crippen molar-refractivity contribution in [3.8, 4) is 0 Å². The van der Waals surface area contributed by atoms with Crippen molar-refractivity contribution in [3.05, 3.63) is 57.9 Å². The van der Waals surface area contributed by atoms with E-state index in [1.807, 2.05) is 26.8 Å². The Morgan fingerprint density at radius 1 is 1.05 bits per heavy atom. The molecule has 9 nitrogen and oxygen atoms in total.